The van der Waals surface area contributed by atoms with Crippen LogP contribution in [0.1, 0.15) is 13.8 Å². The monoisotopic (exact) mass is 376 g/mol. The quantitative estimate of drug-likeness (QED) is 0.397. The fraction of sp³-hybridized carbons (Fsp3) is 0.733. The second-order valence-electron chi connectivity index (χ2n) is 5.75. The molecule has 0 amide bonds. The van der Waals surface area contributed by atoms with E-state index in [4.69, 9.17) is 28.8 Å². The van der Waals surface area contributed by atoms with Crippen LogP contribution in [0.15, 0.2) is 0 Å². The second-order valence-corrected chi connectivity index (χ2v) is 5.75. The zero-order chi connectivity index (χ0) is 19.4. The van der Waals surface area contributed by atoms with Crippen molar-refractivity contribution in [1.82, 2.24) is 0 Å². The van der Waals surface area contributed by atoms with E-state index in [2.05, 4.69) is 4.74 Å². The smallest absolute Gasteiger partial charge is 0.332 e. The molecule has 0 aliphatic carbocycles. The van der Waals surface area contributed by atoms with E-state index in [1.807, 2.05) is 0 Å². The highest BCUT2D eigenvalue weighted by Crippen LogP contribution is 2.41. The molecule has 0 saturated carbocycles. The van der Waals surface area contributed by atoms with Crippen molar-refractivity contribution < 1.29 is 52.7 Å². The van der Waals surface area contributed by atoms with Crippen molar-refractivity contribution in [2.75, 3.05) is 20.3 Å². The van der Waals surface area contributed by atoms with Crippen LogP contribution in [0, 0.1) is 0 Å². The first-order chi connectivity index (χ1) is 12.2. The third-order valence-corrected chi connectivity index (χ3v) is 3.85. The lowest BCUT2D eigenvalue weighted by molar-refractivity contribution is -0.186. The van der Waals surface area contributed by atoms with E-state index in [1.165, 1.54) is 21.0 Å². The fourth-order valence-electron chi connectivity index (χ4n) is 3.07. The molecule has 146 valence electrons. The first-order valence-corrected chi connectivity index (χ1v) is 7.76. The topological polar surface area (TPSA) is 144 Å². The third-order valence-electron chi connectivity index (χ3n) is 3.85. The van der Waals surface area contributed by atoms with Gasteiger partial charge in [-0.15, -0.1) is 0 Å². The van der Waals surface area contributed by atoms with E-state index in [9.17, 15) is 19.2 Å². The number of ether oxygens (including phenoxy) is 6. The fourth-order valence-corrected chi connectivity index (χ4v) is 3.07. The number of carboxylic acids is 1. The average molecular weight is 376 g/mol. The number of rotatable bonds is 8. The summed E-state index contributed by atoms with van der Waals surface area (Å²) in [5.41, 5.74) is 0. The van der Waals surface area contributed by atoms with Gasteiger partial charge in [-0.1, -0.05) is 0 Å². The predicted molar refractivity (Wildman–Crippen MR) is 78.9 cm³/mol. The molecule has 0 spiro atoms. The summed E-state index contributed by atoms with van der Waals surface area (Å²) >= 11 is 0. The van der Waals surface area contributed by atoms with Crippen molar-refractivity contribution in [3.05, 3.63) is 0 Å². The maximum atomic E-state index is 11.9. The summed E-state index contributed by atoms with van der Waals surface area (Å²) in [6.45, 7) is 1.13. The second kappa shape index (κ2) is 8.43. The van der Waals surface area contributed by atoms with Crippen LogP contribution in [0.2, 0.25) is 0 Å². The van der Waals surface area contributed by atoms with Crippen LogP contribution in [0.3, 0.4) is 0 Å². The Balaban J connectivity index is 2.09. The summed E-state index contributed by atoms with van der Waals surface area (Å²) in [5, 5.41) is 8.49. The summed E-state index contributed by atoms with van der Waals surface area (Å²) in [6, 6.07) is 0. The maximum absolute atomic E-state index is 11.9. The molecule has 1 N–H and O–H groups in total. The zero-order valence-electron chi connectivity index (χ0n) is 14.4. The van der Waals surface area contributed by atoms with Gasteiger partial charge in [-0.25, -0.2) is 9.59 Å². The lowest BCUT2D eigenvalue weighted by Gasteiger charge is -2.35. The van der Waals surface area contributed by atoms with Crippen molar-refractivity contribution in [2.45, 2.75) is 50.5 Å². The Hall–Kier alpha value is -2.24. The van der Waals surface area contributed by atoms with Crippen molar-refractivity contribution in [3.63, 3.8) is 0 Å². The largest absolute Gasteiger partial charge is 0.480 e. The van der Waals surface area contributed by atoms with Crippen molar-refractivity contribution in [1.29, 1.82) is 0 Å². The number of carbonyl (C=O) groups excluding carboxylic acids is 3. The molecular formula is C15H20O11. The normalized spacial score (nSPS) is 32.1. The third kappa shape index (κ3) is 4.48. The molecule has 2 saturated heterocycles. The van der Waals surface area contributed by atoms with Crippen LogP contribution >= 0.6 is 0 Å². The number of carboxylic acid groups (broad SMARTS) is 1. The lowest BCUT2D eigenvalue weighted by atomic mass is 9.89. The van der Waals surface area contributed by atoms with Gasteiger partial charge < -0.3 is 33.5 Å². The molecule has 6 atom stereocenters. The Morgan fingerprint density at radius 2 is 1.35 bits per heavy atom. The number of carbonyl (C=O) groups is 4. The van der Waals surface area contributed by atoms with Gasteiger partial charge in [-0.2, -0.15) is 0 Å². The van der Waals surface area contributed by atoms with Crippen LogP contribution in [-0.2, 0) is 47.6 Å². The first kappa shape index (κ1) is 20.1. The number of aliphatic carboxylic acids is 1. The summed E-state index contributed by atoms with van der Waals surface area (Å²) in [6.07, 6.45) is -5.27. The highest BCUT2D eigenvalue weighted by molar-refractivity contribution is 5.73. The maximum Gasteiger partial charge on any atom is 0.332 e. The minimum absolute atomic E-state index is 0.564. The molecule has 26 heavy (non-hydrogen) atoms. The standard InChI is InChI=1S/C15H20O11/c1-6(16)23-11-10(21-3)12-14(13(15(11)26-12)24-7(2)17)25-9(20)5-22-4-8(18)19/h10-15H,4-5H2,1-3H3,(H,18,19)/t10-,11?,12+,13?,14?,15?/m0/s1. The molecule has 2 fully saturated rings. The Kier molecular flexibility index (Phi) is 6.51. The van der Waals surface area contributed by atoms with E-state index in [1.54, 1.807) is 0 Å². The van der Waals surface area contributed by atoms with Crippen LogP contribution in [-0.4, -0.2) is 85.9 Å². The number of methoxy groups -OCH3 is 1. The van der Waals surface area contributed by atoms with E-state index in [0.717, 1.165) is 0 Å². The highest BCUT2D eigenvalue weighted by Gasteiger charge is 2.65. The van der Waals surface area contributed by atoms with Gasteiger partial charge in [0.1, 0.15) is 31.5 Å². The van der Waals surface area contributed by atoms with E-state index < -0.39 is 73.7 Å². The molecule has 11 nitrogen and oxygen atoms in total. The minimum atomic E-state index is -1.23. The molecule has 2 aliphatic rings. The average Bonchev–Trinajstić information content (AvgIpc) is 3.02. The number of hydrogen-bond acceptors (Lipinski definition) is 10. The molecule has 0 aromatic rings. The van der Waals surface area contributed by atoms with Crippen LogP contribution in [0.25, 0.3) is 0 Å². The number of fused-ring (bicyclic) bond motifs is 2. The van der Waals surface area contributed by atoms with Gasteiger partial charge in [0.05, 0.1) is 0 Å². The summed E-state index contributed by atoms with van der Waals surface area (Å²) in [7, 11) is 1.38. The van der Waals surface area contributed by atoms with Gasteiger partial charge in [0.25, 0.3) is 0 Å². The van der Waals surface area contributed by atoms with Crippen molar-refractivity contribution >= 4 is 23.9 Å². The Labute approximate surface area is 148 Å². The molecule has 0 aromatic heterocycles. The molecule has 2 rings (SSSR count). The molecule has 4 unspecified atom stereocenters. The van der Waals surface area contributed by atoms with Crippen LogP contribution < -0.4 is 0 Å². The molecule has 0 aromatic carbocycles. The highest BCUT2D eigenvalue weighted by atomic mass is 16.7. The Bertz CT molecular complexity index is 574. The zero-order valence-corrected chi connectivity index (χ0v) is 14.4. The van der Waals surface area contributed by atoms with E-state index in [-0.39, 0.29) is 0 Å². The molecule has 11 heteroatoms. The van der Waals surface area contributed by atoms with Gasteiger partial charge in [-0.3, -0.25) is 9.59 Å². The van der Waals surface area contributed by atoms with Crippen molar-refractivity contribution in [3.8, 4) is 0 Å². The number of esters is 3. The summed E-state index contributed by atoms with van der Waals surface area (Å²) < 4.78 is 31.3. The predicted octanol–water partition coefficient (Wildman–Crippen LogP) is -1.34. The minimum Gasteiger partial charge on any atom is -0.480 e. The van der Waals surface area contributed by atoms with E-state index in [0.29, 0.717) is 0 Å². The van der Waals surface area contributed by atoms with Gasteiger partial charge >= 0.3 is 23.9 Å². The van der Waals surface area contributed by atoms with Gasteiger partial charge in [0, 0.05) is 21.0 Å². The van der Waals surface area contributed by atoms with Crippen LogP contribution in [0.5, 0.6) is 0 Å². The van der Waals surface area contributed by atoms with Crippen LogP contribution in [0.4, 0.5) is 0 Å². The van der Waals surface area contributed by atoms with Gasteiger partial charge in [0.15, 0.2) is 18.3 Å². The summed E-state index contributed by atoms with van der Waals surface area (Å²) in [4.78, 5) is 45.0. The molecule has 2 heterocycles. The molecule has 0 radical (unpaired) electrons. The molecular weight excluding hydrogens is 356 g/mol. The SMILES string of the molecule is CO[C@H]1C(OC(C)=O)C2O[C@H]1C(OC(=O)COCC(=O)O)C2OC(C)=O. The van der Waals surface area contributed by atoms with Gasteiger partial charge in [-0.05, 0) is 0 Å². The number of hydrogen-bond donors (Lipinski definition) is 1. The Morgan fingerprint density at radius 3 is 1.85 bits per heavy atom. The lowest BCUT2D eigenvalue weighted by Crippen LogP contribution is -2.57. The Morgan fingerprint density at radius 1 is 0.846 bits per heavy atom. The summed E-state index contributed by atoms with van der Waals surface area (Å²) in [5.74, 6) is -3.29. The molecule has 2 bridgehead atoms. The van der Waals surface area contributed by atoms with Crippen molar-refractivity contribution in [2.24, 2.45) is 0 Å². The van der Waals surface area contributed by atoms with Gasteiger partial charge in [0.2, 0.25) is 0 Å². The van der Waals surface area contributed by atoms with E-state index >= 15 is 0 Å². The first-order valence-electron chi connectivity index (χ1n) is 7.76. The molecule has 2 aliphatic heterocycles.